The third-order valence-corrected chi connectivity index (χ3v) is 2.68. The average Bonchev–Trinajstić information content (AvgIpc) is 2.45. The van der Waals surface area contributed by atoms with Gasteiger partial charge in [0, 0.05) is 5.56 Å². The molecule has 0 aliphatic carbocycles. The van der Waals surface area contributed by atoms with Gasteiger partial charge in [-0.2, -0.15) is 0 Å². The maximum atomic E-state index is 5.84. The highest BCUT2D eigenvalue weighted by atomic mass is 16.5. The molecule has 0 spiro atoms. The van der Waals surface area contributed by atoms with Gasteiger partial charge in [0.1, 0.15) is 6.61 Å². The zero-order valence-electron chi connectivity index (χ0n) is 10.4. The molecule has 0 saturated carbocycles. The summed E-state index contributed by atoms with van der Waals surface area (Å²) in [4.78, 5) is 0. The first-order valence-corrected chi connectivity index (χ1v) is 5.81. The molecule has 0 aliphatic heterocycles. The van der Waals surface area contributed by atoms with Gasteiger partial charge in [0.25, 0.3) is 0 Å². The second-order valence-corrected chi connectivity index (χ2v) is 3.86. The topological polar surface area (TPSA) is 18.5 Å². The molecule has 2 rings (SSSR count). The number of para-hydroxylation sites is 1. The van der Waals surface area contributed by atoms with E-state index in [2.05, 4.69) is 6.58 Å². The number of rotatable bonds is 5. The molecule has 0 aliphatic rings. The Bertz CT molecular complexity index is 518. The van der Waals surface area contributed by atoms with E-state index in [-0.39, 0.29) is 0 Å². The van der Waals surface area contributed by atoms with Crippen LogP contribution in [0.15, 0.2) is 55.1 Å². The first-order chi connectivity index (χ1) is 8.85. The number of hydrogen-bond donors (Lipinski definition) is 0. The van der Waals surface area contributed by atoms with Crippen molar-refractivity contribution in [2.45, 2.75) is 6.61 Å². The Morgan fingerprint density at radius 2 is 1.83 bits per heavy atom. The highest BCUT2D eigenvalue weighted by Gasteiger charge is 2.08. The van der Waals surface area contributed by atoms with E-state index in [1.165, 1.54) is 0 Å². The van der Waals surface area contributed by atoms with E-state index in [9.17, 15) is 0 Å². The Balaban J connectivity index is 2.20. The van der Waals surface area contributed by atoms with Crippen molar-refractivity contribution in [3.63, 3.8) is 0 Å². The predicted octanol–water partition coefficient (Wildman–Crippen LogP) is 3.92. The van der Waals surface area contributed by atoms with E-state index in [1.54, 1.807) is 13.2 Å². The van der Waals surface area contributed by atoms with E-state index in [0.29, 0.717) is 6.61 Å². The predicted molar refractivity (Wildman–Crippen MR) is 73.9 cm³/mol. The Hall–Kier alpha value is -2.22. The molecule has 0 aromatic heterocycles. The van der Waals surface area contributed by atoms with Crippen molar-refractivity contribution in [3.8, 4) is 11.5 Å². The van der Waals surface area contributed by atoms with Gasteiger partial charge in [-0.25, -0.2) is 0 Å². The van der Waals surface area contributed by atoms with Gasteiger partial charge in [-0.3, -0.25) is 0 Å². The first-order valence-electron chi connectivity index (χ1n) is 5.81. The Morgan fingerprint density at radius 1 is 1.06 bits per heavy atom. The zero-order chi connectivity index (χ0) is 12.8. The lowest BCUT2D eigenvalue weighted by atomic mass is 10.2. The van der Waals surface area contributed by atoms with Crippen molar-refractivity contribution >= 4 is 6.08 Å². The Morgan fingerprint density at radius 3 is 2.50 bits per heavy atom. The molecule has 2 aromatic carbocycles. The van der Waals surface area contributed by atoms with Crippen molar-refractivity contribution in [2.75, 3.05) is 7.11 Å². The van der Waals surface area contributed by atoms with Gasteiger partial charge in [-0.1, -0.05) is 55.1 Å². The van der Waals surface area contributed by atoms with Crippen LogP contribution in [0, 0.1) is 0 Å². The van der Waals surface area contributed by atoms with Crippen molar-refractivity contribution in [3.05, 3.63) is 66.2 Å². The van der Waals surface area contributed by atoms with Crippen LogP contribution < -0.4 is 9.47 Å². The number of hydrogen-bond acceptors (Lipinski definition) is 2. The maximum absolute atomic E-state index is 5.84. The third-order valence-electron chi connectivity index (χ3n) is 2.68. The van der Waals surface area contributed by atoms with Gasteiger partial charge in [0.05, 0.1) is 7.11 Å². The minimum atomic E-state index is 0.516. The summed E-state index contributed by atoms with van der Waals surface area (Å²) in [6, 6.07) is 15.8. The normalized spacial score (nSPS) is 9.83. The molecule has 0 unspecified atom stereocenters. The van der Waals surface area contributed by atoms with Crippen LogP contribution in [0.1, 0.15) is 11.1 Å². The minimum Gasteiger partial charge on any atom is -0.493 e. The molecule has 0 heterocycles. The summed E-state index contributed by atoms with van der Waals surface area (Å²) < 4.78 is 11.1. The van der Waals surface area contributed by atoms with Crippen molar-refractivity contribution < 1.29 is 9.47 Å². The Labute approximate surface area is 107 Å². The summed E-state index contributed by atoms with van der Waals surface area (Å²) >= 11 is 0. The molecule has 2 nitrogen and oxygen atoms in total. The fourth-order valence-corrected chi connectivity index (χ4v) is 1.74. The minimum absolute atomic E-state index is 0.516. The fraction of sp³-hybridized carbons (Fsp3) is 0.125. The molecule has 0 N–H and O–H groups in total. The zero-order valence-corrected chi connectivity index (χ0v) is 10.4. The summed E-state index contributed by atoms with van der Waals surface area (Å²) in [6.07, 6.45) is 1.77. The quantitative estimate of drug-likeness (QED) is 0.788. The largest absolute Gasteiger partial charge is 0.493 e. The van der Waals surface area contributed by atoms with Crippen molar-refractivity contribution in [1.29, 1.82) is 0 Å². The highest BCUT2D eigenvalue weighted by Crippen LogP contribution is 2.32. The summed E-state index contributed by atoms with van der Waals surface area (Å²) in [5.74, 6) is 1.46. The van der Waals surface area contributed by atoms with Gasteiger partial charge in [-0.05, 0) is 11.6 Å². The van der Waals surface area contributed by atoms with Gasteiger partial charge >= 0.3 is 0 Å². The molecular weight excluding hydrogens is 224 g/mol. The maximum Gasteiger partial charge on any atom is 0.168 e. The van der Waals surface area contributed by atoms with Crippen LogP contribution in [0.25, 0.3) is 6.08 Å². The molecule has 92 valence electrons. The van der Waals surface area contributed by atoms with E-state index >= 15 is 0 Å². The number of ether oxygens (including phenoxy) is 2. The average molecular weight is 240 g/mol. The van der Waals surface area contributed by atoms with Crippen LogP contribution in [-0.2, 0) is 6.61 Å². The van der Waals surface area contributed by atoms with E-state index < -0.39 is 0 Å². The number of benzene rings is 2. The van der Waals surface area contributed by atoms with Crippen LogP contribution in [0.4, 0.5) is 0 Å². The molecule has 0 atom stereocenters. The number of methoxy groups -OCH3 is 1. The molecule has 0 bridgehead atoms. The van der Waals surface area contributed by atoms with Crippen LogP contribution in [0.5, 0.6) is 11.5 Å². The molecule has 2 heteroatoms. The van der Waals surface area contributed by atoms with Crippen LogP contribution in [0.2, 0.25) is 0 Å². The van der Waals surface area contributed by atoms with Crippen LogP contribution in [-0.4, -0.2) is 7.11 Å². The second kappa shape index (κ2) is 5.92. The molecule has 0 radical (unpaired) electrons. The van der Waals surface area contributed by atoms with Crippen molar-refractivity contribution in [1.82, 2.24) is 0 Å². The summed E-state index contributed by atoms with van der Waals surface area (Å²) in [5.41, 5.74) is 2.06. The highest BCUT2D eigenvalue weighted by molar-refractivity contribution is 5.61. The Kier molecular flexibility index (Phi) is 4.02. The standard InChI is InChI=1S/C16H16O2/c1-3-14-10-7-11-15(17-2)16(14)18-12-13-8-5-4-6-9-13/h3-11H,1,12H2,2H3. The van der Waals surface area contributed by atoms with E-state index in [4.69, 9.17) is 9.47 Å². The lowest BCUT2D eigenvalue weighted by Gasteiger charge is -2.13. The van der Waals surface area contributed by atoms with E-state index in [1.807, 2.05) is 48.5 Å². The van der Waals surface area contributed by atoms with Crippen molar-refractivity contribution in [2.24, 2.45) is 0 Å². The first kappa shape index (κ1) is 12.2. The second-order valence-electron chi connectivity index (χ2n) is 3.86. The summed E-state index contributed by atoms with van der Waals surface area (Å²) in [5, 5.41) is 0. The van der Waals surface area contributed by atoms with Gasteiger partial charge in [-0.15, -0.1) is 0 Å². The molecule has 0 amide bonds. The van der Waals surface area contributed by atoms with E-state index in [0.717, 1.165) is 22.6 Å². The molecule has 0 saturated heterocycles. The van der Waals surface area contributed by atoms with Gasteiger partial charge < -0.3 is 9.47 Å². The fourth-order valence-electron chi connectivity index (χ4n) is 1.74. The smallest absolute Gasteiger partial charge is 0.168 e. The lowest BCUT2D eigenvalue weighted by molar-refractivity contribution is 0.284. The molecule has 2 aromatic rings. The third kappa shape index (κ3) is 2.72. The molecular formula is C16H16O2. The SMILES string of the molecule is C=Cc1cccc(OC)c1OCc1ccccc1. The van der Waals surface area contributed by atoms with Crippen LogP contribution >= 0.6 is 0 Å². The molecule has 18 heavy (non-hydrogen) atoms. The van der Waals surface area contributed by atoms with Gasteiger partial charge in [0.15, 0.2) is 11.5 Å². The summed E-state index contributed by atoms with van der Waals surface area (Å²) in [7, 11) is 1.64. The van der Waals surface area contributed by atoms with Gasteiger partial charge in [0.2, 0.25) is 0 Å². The monoisotopic (exact) mass is 240 g/mol. The molecule has 0 fully saturated rings. The van der Waals surface area contributed by atoms with Crippen LogP contribution in [0.3, 0.4) is 0 Å². The lowest BCUT2D eigenvalue weighted by Crippen LogP contribution is -1.99. The summed E-state index contributed by atoms with van der Waals surface area (Å²) in [6.45, 7) is 4.30.